The molecule has 0 aliphatic heterocycles. The van der Waals surface area contributed by atoms with Crippen LogP contribution in [-0.2, 0) is 4.74 Å². The van der Waals surface area contributed by atoms with E-state index in [1.54, 1.807) is 13.0 Å². The average Bonchev–Trinajstić information content (AvgIpc) is 2.72. The van der Waals surface area contributed by atoms with Crippen LogP contribution < -0.4 is 4.90 Å². The highest BCUT2D eigenvalue weighted by atomic mass is 19.1. The van der Waals surface area contributed by atoms with Crippen LogP contribution in [0.3, 0.4) is 0 Å². The van der Waals surface area contributed by atoms with E-state index in [9.17, 15) is 13.6 Å². The molecule has 0 saturated heterocycles. The maximum Gasteiger partial charge on any atom is 0.341 e. The highest BCUT2D eigenvalue weighted by Gasteiger charge is 2.15. The van der Waals surface area contributed by atoms with E-state index in [4.69, 9.17) is 4.74 Å². The standard InChI is InChI=1S/C23H21F2N3O2/c1-4-30-23(29)20-11-5-15(13-21(20)24)19-12-8-17(14-22(19)25)27-26-16-6-9-18(10-7-16)28(2)3/h5-14H,4H2,1-3H3. The lowest BCUT2D eigenvalue weighted by Gasteiger charge is -2.11. The van der Waals surface area contributed by atoms with Gasteiger partial charge >= 0.3 is 5.97 Å². The van der Waals surface area contributed by atoms with Crippen LogP contribution in [0.5, 0.6) is 0 Å². The van der Waals surface area contributed by atoms with Crippen molar-refractivity contribution in [2.75, 3.05) is 25.6 Å². The molecule has 0 aromatic heterocycles. The van der Waals surface area contributed by atoms with Gasteiger partial charge in [0.05, 0.1) is 23.5 Å². The summed E-state index contributed by atoms with van der Waals surface area (Å²) in [4.78, 5) is 13.7. The fourth-order valence-electron chi connectivity index (χ4n) is 2.79. The van der Waals surface area contributed by atoms with Crippen molar-refractivity contribution < 1.29 is 18.3 Å². The molecular formula is C23H21F2N3O2. The van der Waals surface area contributed by atoms with Crippen LogP contribution in [0.2, 0.25) is 0 Å². The van der Waals surface area contributed by atoms with Gasteiger partial charge in [0.2, 0.25) is 0 Å². The Kier molecular flexibility index (Phi) is 6.51. The second kappa shape index (κ2) is 9.26. The van der Waals surface area contributed by atoms with E-state index in [2.05, 4.69) is 10.2 Å². The monoisotopic (exact) mass is 409 g/mol. The molecule has 0 N–H and O–H groups in total. The summed E-state index contributed by atoms with van der Waals surface area (Å²) in [6, 6.07) is 15.6. The minimum atomic E-state index is -0.768. The van der Waals surface area contributed by atoms with E-state index >= 15 is 0 Å². The average molecular weight is 409 g/mol. The number of hydrogen-bond donors (Lipinski definition) is 0. The Morgan fingerprint density at radius 2 is 1.57 bits per heavy atom. The first-order chi connectivity index (χ1) is 14.4. The van der Waals surface area contributed by atoms with Crippen molar-refractivity contribution in [1.82, 2.24) is 0 Å². The van der Waals surface area contributed by atoms with Gasteiger partial charge in [0.1, 0.15) is 11.6 Å². The fraction of sp³-hybridized carbons (Fsp3) is 0.174. The third kappa shape index (κ3) is 4.86. The zero-order chi connectivity index (χ0) is 21.7. The van der Waals surface area contributed by atoms with E-state index in [-0.39, 0.29) is 17.7 Å². The third-order valence-corrected chi connectivity index (χ3v) is 4.38. The van der Waals surface area contributed by atoms with Crippen molar-refractivity contribution in [1.29, 1.82) is 0 Å². The lowest BCUT2D eigenvalue weighted by molar-refractivity contribution is 0.0521. The topological polar surface area (TPSA) is 54.3 Å². The van der Waals surface area contributed by atoms with Crippen LogP contribution in [0.25, 0.3) is 11.1 Å². The summed E-state index contributed by atoms with van der Waals surface area (Å²) >= 11 is 0. The fourth-order valence-corrected chi connectivity index (χ4v) is 2.79. The first kappa shape index (κ1) is 21.1. The number of anilines is 1. The molecule has 30 heavy (non-hydrogen) atoms. The number of carbonyl (C=O) groups is 1. The molecule has 3 aromatic carbocycles. The third-order valence-electron chi connectivity index (χ3n) is 4.38. The Morgan fingerprint density at radius 1 is 0.900 bits per heavy atom. The van der Waals surface area contributed by atoms with Crippen LogP contribution in [-0.4, -0.2) is 26.7 Å². The first-order valence-corrected chi connectivity index (χ1v) is 9.34. The van der Waals surface area contributed by atoms with Crippen LogP contribution in [0.1, 0.15) is 17.3 Å². The molecule has 0 aliphatic carbocycles. The molecule has 154 valence electrons. The van der Waals surface area contributed by atoms with Crippen LogP contribution in [0.4, 0.5) is 25.8 Å². The van der Waals surface area contributed by atoms with Crippen molar-refractivity contribution in [3.8, 4) is 11.1 Å². The Bertz CT molecular complexity index is 1080. The minimum Gasteiger partial charge on any atom is -0.462 e. The van der Waals surface area contributed by atoms with Crippen molar-refractivity contribution in [3.05, 3.63) is 77.9 Å². The molecule has 0 fully saturated rings. The summed E-state index contributed by atoms with van der Waals surface area (Å²) in [6.07, 6.45) is 0. The summed E-state index contributed by atoms with van der Waals surface area (Å²) in [5.74, 6) is -2.09. The van der Waals surface area contributed by atoms with Crippen LogP contribution >= 0.6 is 0 Å². The SMILES string of the molecule is CCOC(=O)c1ccc(-c2ccc(N=Nc3ccc(N(C)C)cc3)cc2F)cc1F. The summed E-state index contributed by atoms with van der Waals surface area (Å²) in [5, 5.41) is 8.17. The maximum absolute atomic E-state index is 14.6. The number of rotatable bonds is 6. The lowest BCUT2D eigenvalue weighted by atomic mass is 10.0. The zero-order valence-electron chi connectivity index (χ0n) is 16.9. The van der Waals surface area contributed by atoms with Crippen molar-refractivity contribution in [3.63, 3.8) is 0 Å². The van der Waals surface area contributed by atoms with Gasteiger partial charge in [-0.3, -0.25) is 0 Å². The molecule has 0 spiro atoms. The van der Waals surface area contributed by atoms with Gasteiger partial charge in [-0.05, 0) is 61.0 Å². The zero-order valence-corrected chi connectivity index (χ0v) is 16.9. The number of esters is 1. The van der Waals surface area contributed by atoms with Gasteiger partial charge in [0, 0.05) is 31.4 Å². The van der Waals surface area contributed by atoms with Gasteiger partial charge in [-0.15, -0.1) is 0 Å². The summed E-state index contributed by atoms with van der Waals surface area (Å²) in [7, 11) is 3.88. The van der Waals surface area contributed by atoms with E-state index < -0.39 is 17.6 Å². The first-order valence-electron chi connectivity index (χ1n) is 9.34. The molecule has 0 radical (unpaired) electrons. The summed E-state index contributed by atoms with van der Waals surface area (Å²) in [6.45, 7) is 1.78. The summed E-state index contributed by atoms with van der Waals surface area (Å²) in [5.41, 5.74) is 2.31. The van der Waals surface area contributed by atoms with Crippen LogP contribution in [0.15, 0.2) is 70.9 Å². The number of hydrogen-bond acceptors (Lipinski definition) is 5. The number of benzene rings is 3. The lowest BCUT2D eigenvalue weighted by Crippen LogP contribution is -2.07. The predicted molar refractivity (Wildman–Crippen MR) is 113 cm³/mol. The number of ether oxygens (including phenoxy) is 1. The number of nitrogens with zero attached hydrogens (tertiary/aromatic N) is 3. The maximum atomic E-state index is 14.6. The van der Waals surface area contributed by atoms with Gasteiger partial charge in [-0.1, -0.05) is 6.07 Å². The second-order valence-electron chi connectivity index (χ2n) is 6.69. The van der Waals surface area contributed by atoms with Gasteiger partial charge in [0.15, 0.2) is 0 Å². The van der Waals surface area contributed by atoms with E-state index in [0.29, 0.717) is 16.9 Å². The van der Waals surface area contributed by atoms with Crippen molar-refractivity contribution >= 4 is 23.0 Å². The van der Waals surface area contributed by atoms with Gasteiger partial charge < -0.3 is 9.64 Å². The second-order valence-corrected chi connectivity index (χ2v) is 6.69. The number of azo groups is 1. The van der Waals surface area contributed by atoms with Crippen molar-refractivity contribution in [2.45, 2.75) is 6.92 Å². The minimum absolute atomic E-state index is 0.143. The largest absolute Gasteiger partial charge is 0.462 e. The molecule has 0 bridgehead atoms. The Labute approximate surface area is 173 Å². The van der Waals surface area contributed by atoms with Gasteiger partial charge in [0.25, 0.3) is 0 Å². The molecular weight excluding hydrogens is 388 g/mol. The Balaban J connectivity index is 1.80. The van der Waals surface area contributed by atoms with E-state index in [0.717, 1.165) is 11.8 Å². The van der Waals surface area contributed by atoms with Gasteiger partial charge in [-0.25, -0.2) is 13.6 Å². The molecule has 0 atom stereocenters. The molecule has 0 heterocycles. The molecule has 0 unspecified atom stereocenters. The number of halogens is 2. The number of carbonyl (C=O) groups excluding carboxylic acids is 1. The van der Waals surface area contributed by atoms with E-state index in [1.165, 1.54) is 24.3 Å². The molecule has 3 rings (SSSR count). The molecule has 0 saturated carbocycles. The smallest absolute Gasteiger partial charge is 0.341 e. The molecule has 0 amide bonds. The Morgan fingerprint density at radius 3 is 2.17 bits per heavy atom. The highest BCUT2D eigenvalue weighted by Crippen LogP contribution is 2.29. The molecule has 5 nitrogen and oxygen atoms in total. The van der Waals surface area contributed by atoms with Gasteiger partial charge in [-0.2, -0.15) is 10.2 Å². The Hall–Kier alpha value is -3.61. The predicted octanol–water partition coefficient (Wildman–Crippen LogP) is 6.29. The van der Waals surface area contributed by atoms with Crippen molar-refractivity contribution in [2.24, 2.45) is 10.2 Å². The highest BCUT2D eigenvalue weighted by molar-refractivity contribution is 5.90. The molecule has 3 aromatic rings. The molecule has 7 heteroatoms. The summed E-state index contributed by atoms with van der Waals surface area (Å²) < 4.78 is 33.6. The quantitative estimate of drug-likeness (QED) is 0.355. The van der Waals surface area contributed by atoms with Crippen LogP contribution in [0, 0.1) is 11.6 Å². The van der Waals surface area contributed by atoms with E-state index in [1.807, 2.05) is 43.3 Å². The normalized spacial score (nSPS) is 11.0. The molecule has 0 aliphatic rings.